The number of rotatable bonds is 2. The third kappa shape index (κ3) is 1.34. The molecule has 0 spiro atoms. The molecule has 1 N–H and O–H groups in total. The Bertz CT molecular complexity index is 253. The summed E-state index contributed by atoms with van der Waals surface area (Å²) in [7, 11) is 0. The summed E-state index contributed by atoms with van der Waals surface area (Å²) in [5, 5.41) is 7.17. The molecular weight excluding hydrogens is 154 g/mol. The fourth-order valence-electron chi connectivity index (χ4n) is 1.45. The van der Waals surface area contributed by atoms with Crippen molar-refractivity contribution in [3.63, 3.8) is 0 Å². The maximum absolute atomic E-state index is 5.12. The van der Waals surface area contributed by atoms with Crippen LogP contribution in [-0.2, 0) is 6.42 Å². The van der Waals surface area contributed by atoms with Gasteiger partial charge < -0.3 is 9.84 Å². The molecule has 12 heavy (non-hydrogen) atoms. The van der Waals surface area contributed by atoms with Crippen LogP contribution in [0.2, 0.25) is 0 Å². The van der Waals surface area contributed by atoms with E-state index in [1.54, 1.807) is 0 Å². The van der Waals surface area contributed by atoms with E-state index in [4.69, 9.17) is 4.52 Å². The molecule has 4 heteroatoms. The molecule has 0 saturated carbocycles. The first kappa shape index (κ1) is 7.73. The molecule has 0 amide bonds. The molecule has 1 aromatic heterocycles. The maximum atomic E-state index is 5.12. The van der Waals surface area contributed by atoms with Crippen LogP contribution in [0.5, 0.6) is 0 Å². The van der Waals surface area contributed by atoms with Crippen molar-refractivity contribution in [3.05, 3.63) is 11.7 Å². The Kier molecular flexibility index (Phi) is 2.08. The van der Waals surface area contributed by atoms with Gasteiger partial charge in [-0.3, -0.25) is 0 Å². The molecule has 0 aliphatic carbocycles. The highest BCUT2D eigenvalue weighted by molar-refractivity contribution is 4.94. The summed E-state index contributed by atoms with van der Waals surface area (Å²) in [4.78, 5) is 4.27. The zero-order valence-electron chi connectivity index (χ0n) is 7.21. The highest BCUT2D eigenvalue weighted by atomic mass is 16.5. The standard InChI is InChI=1S/C8H13N3O/c1-2-7-10-8(12-11-7)6-4-3-5-9-6/h6,9H,2-5H2,1H3/t6-/m1/s1. The van der Waals surface area contributed by atoms with Crippen LogP contribution in [0.1, 0.15) is 37.5 Å². The molecule has 1 fully saturated rings. The van der Waals surface area contributed by atoms with Gasteiger partial charge in [0.05, 0.1) is 6.04 Å². The lowest BCUT2D eigenvalue weighted by atomic mass is 10.2. The first-order chi connectivity index (χ1) is 5.90. The van der Waals surface area contributed by atoms with E-state index in [-0.39, 0.29) is 0 Å². The fourth-order valence-corrected chi connectivity index (χ4v) is 1.45. The summed E-state index contributed by atoms with van der Waals surface area (Å²) in [6, 6.07) is 0.304. The molecule has 0 radical (unpaired) electrons. The van der Waals surface area contributed by atoms with Gasteiger partial charge >= 0.3 is 0 Å². The minimum atomic E-state index is 0.304. The predicted octanol–water partition coefficient (Wildman–Crippen LogP) is 1.06. The molecule has 0 unspecified atom stereocenters. The Labute approximate surface area is 71.4 Å². The van der Waals surface area contributed by atoms with Gasteiger partial charge in [-0.15, -0.1) is 0 Å². The van der Waals surface area contributed by atoms with Crippen molar-refractivity contribution in [2.24, 2.45) is 0 Å². The predicted molar refractivity (Wildman–Crippen MR) is 43.7 cm³/mol. The number of aromatic nitrogens is 2. The van der Waals surface area contributed by atoms with Crippen molar-refractivity contribution in [1.29, 1.82) is 0 Å². The van der Waals surface area contributed by atoms with Gasteiger partial charge in [0.1, 0.15) is 0 Å². The molecule has 2 heterocycles. The van der Waals surface area contributed by atoms with Crippen LogP contribution in [-0.4, -0.2) is 16.7 Å². The monoisotopic (exact) mass is 167 g/mol. The van der Waals surface area contributed by atoms with Gasteiger partial charge in [0.2, 0.25) is 5.89 Å². The van der Waals surface area contributed by atoms with Crippen molar-refractivity contribution in [3.8, 4) is 0 Å². The average Bonchev–Trinajstić information content (AvgIpc) is 2.75. The van der Waals surface area contributed by atoms with Crippen LogP contribution in [0, 0.1) is 0 Å². The van der Waals surface area contributed by atoms with Crippen LogP contribution in [0.4, 0.5) is 0 Å². The lowest BCUT2D eigenvalue weighted by Crippen LogP contribution is -2.13. The van der Waals surface area contributed by atoms with E-state index < -0.39 is 0 Å². The first-order valence-electron chi connectivity index (χ1n) is 4.46. The van der Waals surface area contributed by atoms with Crippen LogP contribution < -0.4 is 5.32 Å². The van der Waals surface area contributed by atoms with E-state index in [0.717, 1.165) is 31.1 Å². The van der Waals surface area contributed by atoms with Gasteiger partial charge in [0.15, 0.2) is 5.82 Å². The molecule has 66 valence electrons. The van der Waals surface area contributed by atoms with Crippen LogP contribution in [0.3, 0.4) is 0 Å². The smallest absolute Gasteiger partial charge is 0.243 e. The van der Waals surface area contributed by atoms with Gasteiger partial charge in [-0.2, -0.15) is 4.98 Å². The van der Waals surface area contributed by atoms with E-state index in [9.17, 15) is 0 Å². The third-order valence-electron chi connectivity index (χ3n) is 2.16. The van der Waals surface area contributed by atoms with Crippen molar-refractivity contribution in [2.45, 2.75) is 32.2 Å². The largest absolute Gasteiger partial charge is 0.338 e. The molecule has 1 atom stereocenters. The summed E-state index contributed by atoms with van der Waals surface area (Å²) < 4.78 is 5.12. The Morgan fingerprint density at radius 2 is 2.58 bits per heavy atom. The lowest BCUT2D eigenvalue weighted by Gasteiger charge is -2.00. The van der Waals surface area contributed by atoms with Crippen LogP contribution >= 0.6 is 0 Å². The zero-order chi connectivity index (χ0) is 8.39. The zero-order valence-corrected chi connectivity index (χ0v) is 7.21. The highest BCUT2D eigenvalue weighted by Crippen LogP contribution is 2.20. The Morgan fingerprint density at radius 1 is 1.67 bits per heavy atom. The third-order valence-corrected chi connectivity index (χ3v) is 2.16. The Hall–Kier alpha value is -0.900. The number of aryl methyl sites for hydroxylation is 1. The first-order valence-corrected chi connectivity index (χ1v) is 4.46. The van der Waals surface area contributed by atoms with Gasteiger partial charge in [-0.1, -0.05) is 12.1 Å². The van der Waals surface area contributed by atoms with Gasteiger partial charge in [0, 0.05) is 6.42 Å². The minimum absolute atomic E-state index is 0.304. The van der Waals surface area contributed by atoms with Gasteiger partial charge in [-0.25, -0.2) is 0 Å². The van der Waals surface area contributed by atoms with Crippen molar-refractivity contribution in [1.82, 2.24) is 15.5 Å². The summed E-state index contributed by atoms with van der Waals surface area (Å²) in [6.45, 7) is 3.09. The van der Waals surface area contributed by atoms with Gasteiger partial charge in [-0.05, 0) is 19.4 Å². The fraction of sp³-hybridized carbons (Fsp3) is 0.750. The van der Waals surface area contributed by atoms with Crippen molar-refractivity contribution >= 4 is 0 Å². The summed E-state index contributed by atoms with van der Waals surface area (Å²) in [6.07, 6.45) is 3.16. The van der Waals surface area contributed by atoms with E-state index in [0.29, 0.717) is 6.04 Å². The second-order valence-corrected chi connectivity index (χ2v) is 3.05. The highest BCUT2D eigenvalue weighted by Gasteiger charge is 2.21. The quantitative estimate of drug-likeness (QED) is 0.715. The molecule has 4 nitrogen and oxygen atoms in total. The molecule has 1 saturated heterocycles. The van der Waals surface area contributed by atoms with E-state index in [1.165, 1.54) is 6.42 Å². The van der Waals surface area contributed by atoms with E-state index in [2.05, 4.69) is 15.5 Å². The van der Waals surface area contributed by atoms with Crippen molar-refractivity contribution in [2.75, 3.05) is 6.54 Å². The lowest BCUT2D eigenvalue weighted by molar-refractivity contribution is 0.341. The SMILES string of the molecule is CCc1noc([C@H]2CCCN2)n1. The normalized spacial score (nSPS) is 23.2. The number of hydrogen-bond acceptors (Lipinski definition) is 4. The van der Waals surface area contributed by atoms with E-state index in [1.807, 2.05) is 6.92 Å². The van der Waals surface area contributed by atoms with E-state index >= 15 is 0 Å². The number of hydrogen-bond donors (Lipinski definition) is 1. The second-order valence-electron chi connectivity index (χ2n) is 3.05. The van der Waals surface area contributed by atoms with Crippen LogP contribution in [0.15, 0.2) is 4.52 Å². The van der Waals surface area contributed by atoms with Gasteiger partial charge in [0.25, 0.3) is 0 Å². The summed E-state index contributed by atoms with van der Waals surface area (Å²) in [5.74, 6) is 1.56. The molecule has 1 aliphatic heterocycles. The molecular formula is C8H13N3O. The molecule has 0 aromatic carbocycles. The Morgan fingerprint density at radius 3 is 3.17 bits per heavy atom. The van der Waals surface area contributed by atoms with Crippen LogP contribution in [0.25, 0.3) is 0 Å². The average molecular weight is 167 g/mol. The summed E-state index contributed by atoms with van der Waals surface area (Å²) >= 11 is 0. The number of nitrogens with zero attached hydrogens (tertiary/aromatic N) is 2. The molecule has 0 bridgehead atoms. The molecule has 1 aliphatic rings. The Balaban J connectivity index is 2.11. The minimum Gasteiger partial charge on any atom is -0.338 e. The molecule has 1 aromatic rings. The maximum Gasteiger partial charge on any atom is 0.243 e. The summed E-state index contributed by atoms with van der Waals surface area (Å²) in [5.41, 5.74) is 0. The number of nitrogens with one attached hydrogen (secondary N) is 1. The second kappa shape index (κ2) is 3.23. The van der Waals surface area contributed by atoms with Crippen molar-refractivity contribution < 1.29 is 4.52 Å². The topological polar surface area (TPSA) is 51.0 Å². The molecule has 2 rings (SSSR count).